The molecule has 0 amide bonds. The van der Waals surface area contributed by atoms with Crippen molar-refractivity contribution in [1.29, 1.82) is 0 Å². The van der Waals surface area contributed by atoms with Crippen molar-refractivity contribution in [1.82, 2.24) is 0 Å². The highest BCUT2D eigenvalue weighted by molar-refractivity contribution is 4.55. The minimum Gasteiger partial charge on any atom is -0.397 e. The third-order valence-electron chi connectivity index (χ3n) is 4.10. The predicted octanol–water partition coefficient (Wildman–Crippen LogP) is 7.12. The van der Waals surface area contributed by atoms with Crippen LogP contribution < -0.4 is 0 Å². The summed E-state index contributed by atoms with van der Waals surface area (Å²) in [5, 5.41) is 7.57. The van der Waals surface area contributed by atoms with Crippen LogP contribution in [0.15, 0.2) is 0 Å². The van der Waals surface area contributed by atoms with Gasteiger partial charge in [-0.1, -0.05) is 111 Å². The number of hydrogen-bond acceptors (Lipinski definition) is 1. The van der Waals surface area contributed by atoms with Crippen molar-refractivity contribution in [2.75, 3.05) is 6.61 Å². The molecule has 0 aromatic rings. The third kappa shape index (κ3) is 25.3. The first-order chi connectivity index (χ1) is 10.2. The van der Waals surface area contributed by atoms with Crippen molar-refractivity contribution in [2.45, 2.75) is 118 Å². The van der Waals surface area contributed by atoms with Crippen LogP contribution in [0.2, 0.25) is 0 Å². The second-order valence-electron chi connectivity index (χ2n) is 6.53. The summed E-state index contributed by atoms with van der Waals surface area (Å²) >= 11 is 0. The van der Waals surface area contributed by atoms with Crippen molar-refractivity contribution >= 4 is 0 Å². The number of rotatable bonds is 14. The van der Waals surface area contributed by atoms with E-state index in [1.54, 1.807) is 6.92 Å². The Kier molecular flexibility index (Phi) is 24.6. The van der Waals surface area contributed by atoms with Gasteiger partial charge in [0.25, 0.3) is 0 Å². The minimum atomic E-state index is 0.250. The highest BCUT2D eigenvalue weighted by Gasteiger charge is 2.01. The summed E-state index contributed by atoms with van der Waals surface area (Å²) in [6, 6.07) is 0. The SMILES string of the molecule is CCCCCCCCCCC(C)CCCCCC.CCO. The second kappa shape index (κ2) is 22.2. The zero-order valence-corrected chi connectivity index (χ0v) is 15.6. The number of hydrogen-bond donors (Lipinski definition) is 1. The summed E-state index contributed by atoms with van der Waals surface area (Å²) in [5.74, 6) is 0.974. The van der Waals surface area contributed by atoms with Crippen LogP contribution in [0.3, 0.4) is 0 Å². The maximum absolute atomic E-state index is 7.57. The molecule has 0 aliphatic heterocycles. The van der Waals surface area contributed by atoms with Gasteiger partial charge in [-0.15, -0.1) is 0 Å². The van der Waals surface area contributed by atoms with Crippen LogP contribution in [0, 0.1) is 5.92 Å². The van der Waals surface area contributed by atoms with Gasteiger partial charge in [0.15, 0.2) is 0 Å². The quantitative estimate of drug-likeness (QED) is 0.338. The molecule has 21 heavy (non-hydrogen) atoms. The molecule has 0 aliphatic carbocycles. The molecule has 1 nitrogen and oxygen atoms in total. The van der Waals surface area contributed by atoms with Gasteiger partial charge in [0, 0.05) is 6.61 Å². The first-order valence-corrected chi connectivity index (χ1v) is 9.83. The van der Waals surface area contributed by atoms with E-state index >= 15 is 0 Å². The van der Waals surface area contributed by atoms with Crippen LogP contribution in [0.5, 0.6) is 0 Å². The van der Waals surface area contributed by atoms with E-state index < -0.39 is 0 Å². The monoisotopic (exact) mass is 300 g/mol. The maximum atomic E-state index is 7.57. The first-order valence-electron chi connectivity index (χ1n) is 9.83. The summed E-state index contributed by atoms with van der Waals surface area (Å²) in [6.45, 7) is 8.97. The topological polar surface area (TPSA) is 20.2 Å². The van der Waals surface area contributed by atoms with Gasteiger partial charge in [-0.2, -0.15) is 0 Å². The summed E-state index contributed by atoms with van der Waals surface area (Å²) in [4.78, 5) is 0. The largest absolute Gasteiger partial charge is 0.397 e. The van der Waals surface area contributed by atoms with E-state index in [1.165, 1.54) is 89.9 Å². The fourth-order valence-electron chi connectivity index (χ4n) is 2.69. The molecule has 0 aromatic carbocycles. The van der Waals surface area contributed by atoms with E-state index in [2.05, 4.69) is 20.8 Å². The average Bonchev–Trinajstić information content (AvgIpc) is 2.47. The highest BCUT2D eigenvalue weighted by atomic mass is 16.2. The van der Waals surface area contributed by atoms with Gasteiger partial charge in [-0.25, -0.2) is 0 Å². The van der Waals surface area contributed by atoms with Crippen molar-refractivity contribution in [3.05, 3.63) is 0 Å². The lowest BCUT2D eigenvalue weighted by Gasteiger charge is -2.10. The van der Waals surface area contributed by atoms with Crippen LogP contribution in [0.1, 0.15) is 118 Å². The maximum Gasteiger partial charge on any atom is 0.0402 e. The molecule has 0 bridgehead atoms. The average molecular weight is 301 g/mol. The highest BCUT2D eigenvalue weighted by Crippen LogP contribution is 2.18. The van der Waals surface area contributed by atoms with E-state index in [-0.39, 0.29) is 6.61 Å². The first kappa shape index (κ1) is 23.2. The Morgan fingerprint density at radius 2 is 0.857 bits per heavy atom. The Morgan fingerprint density at radius 3 is 1.24 bits per heavy atom. The Hall–Kier alpha value is -0.0400. The Labute approximate surface area is 135 Å². The molecule has 0 saturated carbocycles. The number of aliphatic hydroxyl groups excluding tert-OH is 1. The van der Waals surface area contributed by atoms with Gasteiger partial charge in [0.2, 0.25) is 0 Å². The van der Waals surface area contributed by atoms with E-state index in [4.69, 9.17) is 5.11 Å². The summed E-state index contributed by atoms with van der Waals surface area (Å²) in [5.41, 5.74) is 0. The van der Waals surface area contributed by atoms with Gasteiger partial charge in [-0.05, 0) is 12.8 Å². The molecule has 1 heteroatoms. The molecule has 1 atom stereocenters. The molecule has 1 unspecified atom stereocenters. The molecule has 0 radical (unpaired) electrons. The molecule has 0 rings (SSSR count). The molecule has 0 heterocycles. The Balaban J connectivity index is 0. The minimum absolute atomic E-state index is 0.250. The van der Waals surface area contributed by atoms with Gasteiger partial charge in [0.1, 0.15) is 0 Å². The van der Waals surface area contributed by atoms with Gasteiger partial charge >= 0.3 is 0 Å². The van der Waals surface area contributed by atoms with Gasteiger partial charge in [-0.3, -0.25) is 0 Å². The number of aliphatic hydroxyl groups is 1. The zero-order valence-electron chi connectivity index (χ0n) is 15.6. The molecule has 1 N–H and O–H groups in total. The molecular weight excluding hydrogens is 256 g/mol. The van der Waals surface area contributed by atoms with Crippen LogP contribution in [-0.4, -0.2) is 11.7 Å². The van der Waals surface area contributed by atoms with Gasteiger partial charge < -0.3 is 5.11 Å². The normalized spacial score (nSPS) is 11.9. The smallest absolute Gasteiger partial charge is 0.0402 e. The predicted molar refractivity (Wildman–Crippen MR) is 97.9 cm³/mol. The second-order valence-corrected chi connectivity index (χ2v) is 6.53. The fourth-order valence-corrected chi connectivity index (χ4v) is 2.69. The molecule has 0 spiro atoms. The van der Waals surface area contributed by atoms with Crippen LogP contribution in [0.25, 0.3) is 0 Å². The molecule has 0 fully saturated rings. The molecule has 0 aliphatic rings. The molecule has 130 valence electrons. The zero-order chi connectivity index (χ0) is 16.2. The van der Waals surface area contributed by atoms with E-state index in [0.29, 0.717) is 0 Å². The number of unbranched alkanes of at least 4 members (excludes halogenated alkanes) is 10. The van der Waals surface area contributed by atoms with Gasteiger partial charge in [0.05, 0.1) is 0 Å². The van der Waals surface area contributed by atoms with E-state index in [9.17, 15) is 0 Å². The molecule has 0 aromatic heterocycles. The lowest BCUT2D eigenvalue weighted by Crippen LogP contribution is -1.95. The van der Waals surface area contributed by atoms with Crippen LogP contribution >= 0.6 is 0 Å². The van der Waals surface area contributed by atoms with Crippen molar-refractivity contribution in [2.24, 2.45) is 5.92 Å². The van der Waals surface area contributed by atoms with Crippen LogP contribution in [-0.2, 0) is 0 Å². The van der Waals surface area contributed by atoms with E-state index in [0.717, 1.165) is 5.92 Å². The summed E-state index contributed by atoms with van der Waals surface area (Å²) < 4.78 is 0. The van der Waals surface area contributed by atoms with Crippen molar-refractivity contribution < 1.29 is 5.11 Å². The lowest BCUT2D eigenvalue weighted by molar-refractivity contribution is 0.318. The van der Waals surface area contributed by atoms with E-state index in [1.807, 2.05) is 0 Å². The lowest BCUT2D eigenvalue weighted by atomic mass is 9.96. The molecular formula is C20H44O. The summed E-state index contributed by atoms with van der Waals surface area (Å²) in [6.07, 6.45) is 20.3. The third-order valence-corrected chi connectivity index (χ3v) is 4.10. The van der Waals surface area contributed by atoms with Crippen molar-refractivity contribution in [3.63, 3.8) is 0 Å². The Morgan fingerprint density at radius 1 is 0.571 bits per heavy atom. The van der Waals surface area contributed by atoms with Crippen LogP contribution in [0.4, 0.5) is 0 Å². The standard InChI is InChI=1S/C18H38.C2H6O/c1-4-6-8-10-11-12-13-15-17-18(3)16-14-9-7-5-2;1-2-3/h18H,4-17H2,1-3H3;3H,2H2,1H3. The summed E-state index contributed by atoms with van der Waals surface area (Å²) in [7, 11) is 0. The Bertz CT molecular complexity index is 156. The van der Waals surface area contributed by atoms with Crippen molar-refractivity contribution in [3.8, 4) is 0 Å². The molecule has 0 saturated heterocycles. The fraction of sp³-hybridized carbons (Fsp3) is 1.00.